The molecule has 150 valence electrons. The summed E-state index contributed by atoms with van der Waals surface area (Å²) in [7, 11) is 1.60. The molecule has 1 aromatic heterocycles. The summed E-state index contributed by atoms with van der Waals surface area (Å²) in [5, 5.41) is 13.0. The van der Waals surface area contributed by atoms with Crippen molar-refractivity contribution in [2.75, 3.05) is 32.1 Å². The van der Waals surface area contributed by atoms with Crippen molar-refractivity contribution in [1.82, 2.24) is 25.4 Å². The van der Waals surface area contributed by atoms with Gasteiger partial charge in [0.1, 0.15) is 12.9 Å². The van der Waals surface area contributed by atoms with Gasteiger partial charge in [0.25, 0.3) is 0 Å². The van der Waals surface area contributed by atoms with Crippen LogP contribution in [0.4, 0.5) is 5.95 Å². The molecule has 9 heteroatoms. The van der Waals surface area contributed by atoms with Gasteiger partial charge in [-0.1, -0.05) is 30.3 Å². The van der Waals surface area contributed by atoms with Crippen LogP contribution in [0.25, 0.3) is 0 Å². The van der Waals surface area contributed by atoms with Crippen LogP contribution in [-0.4, -0.2) is 53.4 Å². The highest BCUT2D eigenvalue weighted by molar-refractivity contribution is 5.94. The van der Waals surface area contributed by atoms with E-state index in [0.29, 0.717) is 26.0 Å². The molecule has 2 amide bonds. The third-order valence-corrected chi connectivity index (χ3v) is 4.86. The molecule has 0 bridgehead atoms. The van der Waals surface area contributed by atoms with Crippen LogP contribution in [0, 0.1) is 5.41 Å². The Balaban J connectivity index is 1.53. The molecule has 9 nitrogen and oxygen atoms in total. The lowest BCUT2D eigenvalue weighted by Crippen LogP contribution is -2.47. The molecular formula is C19H26N6O3. The normalized spacial score (nSPS) is 15.8. The van der Waals surface area contributed by atoms with Crippen LogP contribution in [0.1, 0.15) is 18.4 Å². The van der Waals surface area contributed by atoms with Gasteiger partial charge < -0.3 is 15.4 Å². The zero-order valence-corrected chi connectivity index (χ0v) is 16.0. The van der Waals surface area contributed by atoms with E-state index in [2.05, 4.69) is 26.0 Å². The van der Waals surface area contributed by atoms with Crippen molar-refractivity contribution < 1.29 is 14.3 Å². The number of rotatable bonds is 8. The van der Waals surface area contributed by atoms with Crippen LogP contribution < -0.4 is 16.0 Å². The molecule has 0 spiro atoms. The number of amides is 2. The van der Waals surface area contributed by atoms with Gasteiger partial charge in [-0.3, -0.25) is 14.9 Å². The van der Waals surface area contributed by atoms with Crippen molar-refractivity contribution in [1.29, 1.82) is 0 Å². The molecule has 28 heavy (non-hydrogen) atoms. The molecule has 0 radical (unpaired) electrons. The molecule has 0 saturated carbocycles. The maximum absolute atomic E-state index is 12.8. The minimum Gasteiger partial charge on any atom is -0.384 e. The van der Waals surface area contributed by atoms with E-state index in [1.54, 1.807) is 7.11 Å². The van der Waals surface area contributed by atoms with Gasteiger partial charge in [0.15, 0.2) is 0 Å². The summed E-state index contributed by atoms with van der Waals surface area (Å²) >= 11 is 0. The van der Waals surface area contributed by atoms with Crippen LogP contribution in [0.2, 0.25) is 0 Å². The fraction of sp³-hybridized carbons (Fsp3) is 0.474. The number of nitrogens with one attached hydrogen (secondary N) is 3. The second-order valence-corrected chi connectivity index (χ2v) is 6.95. The second-order valence-electron chi connectivity index (χ2n) is 6.95. The minimum atomic E-state index is -0.585. The Kier molecular flexibility index (Phi) is 6.72. The Labute approximate surface area is 163 Å². The molecule has 1 aromatic carbocycles. The van der Waals surface area contributed by atoms with Crippen LogP contribution in [0.15, 0.2) is 36.7 Å². The SMILES string of the molecule is COCC1(C(=O)Nc2ncn(CC(=O)NCc3ccccc3)n2)CCNCC1. The highest BCUT2D eigenvalue weighted by atomic mass is 16.5. The summed E-state index contributed by atoms with van der Waals surface area (Å²) in [6.07, 6.45) is 2.81. The quantitative estimate of drug-likeness (QED) is 0.611. The Bertz CT molecular complexity index is 780. The zero-order chi connectivity index (χ0) is 19.8. The molecule has 2 heterocycles. The summed E-state index contributed by atoms with van der Waals surface area (Å²) in [6.45, 7) is 2.36. The second kappa shape index (κ2) is 9.43. The summed E-state index contributed by atoms with van der Waals surface area (Å²) in [4.78, 5) is 29.0. The number of nitrogens with zero attached hydrogens (tertiary/aromatic N) is 3. The predicted octanol–water partition coefficient (Wildman–Crippen LogP) is 0.549. The topological polar surface area (TPSA) is 110 Å². The number of anilines is 1. The third-order valence-electron chi connectivity index (χ3n) is 4.86. The van der Waals surface area contributed by atoms with Gasteiger partial charge in [-0.15, -0.1) is 5.10 Å². The standard InChI is InChI=1S/C19H26N6O3/c1-28-13-19(7-9-20-10-8-19)17(27)23-18-22-14-25(24-18)12-16(26)21-11-15-5-3-2-4-6-15/h2-6,14,20H,7-13H2,1H3,(H,21,26)(H,23,24,27). The molecule has 0 atom stereocenters. The lowest BCUT2D eigenvalue weighted by atomic mass is 9.79. The van der Waals surface area contributed by atoms with Crippen molar-refractivity contribution in [3.63, 3.8) is 0 Å². The van der Waals surface area contributed by atoms with Gasteiger partial charge in [0, 0.05) is 13.7 Å². The van der Waals surface area contributed by atoms with E-state index in [9.17, 15) is 9.59 Å². The van der Waals surface area contributed by atoms with E-state index >= 15 is 0 Å². The number of hydrogen-bond donors (Lipinski definition) is 3. The maximum Gasteiger partial charge on any atom is 0.248 e. The van der Waals surface area contributed by atoms with E-state index in [1.807, 2.05) is 30.3 Å². The molecule has 0 aliphatic carbocycles. The number of hydrogen-bond acceptors (Lipinski definition) is 6. The van der Waals surface area contributed by atoms with E-state index in [1.165, 1.54) is 11.0 Å². The van der Waals surface area contributed by atoms with Gasteiger partial charge in [0.05, 0.1) is 12.0 Å². The van der Waals surface area contributed by atoms with E-state index < -0.39 is 5.41 Å². The summed E-state index contributed by atoms with van der Waals surface area (Å²) in [6, 6.07) is 9.66. The number of carbonyl (C=O) groups is 2. The van der Waals surface area contributed by atoms with Crippen LogP contribution in [-0.2, 0) is 27.4 Å². The lowest BCUT2D eigenvalue weighted by Gasteiger charge is -2.35. The third kappa shape index (κ3) is 5.14. The molecule has 2 aromatic rings. The van der Waals surface area contributed by atoms with Crippen molar-refractivity contribution in [2.45, 2.75) is 25.9 Å². The van der Waals surface area contributed by atoms with Crippen LogP contribution in [0.3, 0.4) is 0 Å². The van der Waals surface area contributed by atoms with E-state index in [0.717, 1.165) is 18.7 Å². The first kappa shape index (κ1) is 20.0. The molecule has 3 rings (SSSR count). The van der Waals surface area contributed by atoms with Crippen molar-refractivity contribution >= 4 is 17.8 Å². The molecular weight excluding hydrogens is 360 g/mol. The highest BCUT2D eigenvalue weighted by Gasteiger charge is 2.40. The fourth-order valence-corrected chi connectivity index (χ4v) is 3.28. The highest BCUT2D eigenvalue weighted by Crippen LogP contribution is 2.30. The number of piperidine rings is 1. The first-order valence-electron chi connectivity index (χ1n) is 9.32. The maximum atomic E-state index is 12.8. The molecule has 3 N–H and O–H groups in total. The Morgan fingerprint density at radius 3 is 2.71 bits per heavy atom. The molecule has 1 fully saturated rings. The first-order valence-corrected chi connectivity index (χ1v) is 9.32. The summed E-state index contributed by atoms with van der Waals surface area (Å²) < 4.78 is 6.68. The predicted molar refractivity (Wildman–Crippen MR) is 103 cm³/mol. The Morgan fingerprint density at radius 2 is 2.00 bits per heavy atom. The molecule has 1 aliphatic heterocycles. The van der Waals surface area contributed by atoms with Gasteiger partial charge >= 0.3 is 0 Å². The fourth-order valence-electron chi connectivity index (χ4n) is 3.28. The molecule has 1 saturated heterocycles. The van der Waals surface area contributed by atoms with Crippen LogP contribution in [0.5, 0.6) is 0 Å². The van der Waals surface area contributed by atoms with Gasteiger partial charge in [0.2, 0.25) is 17.8 Å². The average Bonchev–Trinajstić information content (AvgIpc) is 3.15. The average molecular weight is 386 g/mol. The zero-order valence-electron chi connectivity index (χ0n) is 16.0. The summed E-state index contributed by atoms with van der Waals surface area (Å²) in [5.41, 5.74) is 0.436. The van der Waals surface area contributed by atoms with Crippen molar-refractivity contribution in [3.8, 4) is 0 Å². The number of carbonyl (C=O) groups excluding carboxylic acids is 2. The first-order chi connectivity index (χ1) is 13.6. The van der Waals surface area contributed by atoms with Gasteiger partial charge in [-0.2, -0.15) is 0 Å². The van der Waals surface area contributed by atoms with Gasteiger partial charge in [-0.25, -0.2) is 9.67 Å². The number of methoxy groups -OCH3 is 1. The van der Waals surface area contributed by atoms with Crippen molar-refractivity contribution in [3.05, 3.63) is 42.2 Å². The van der Waals surface area contributed by atoms with E-state index in [4.69, 9.17) is 4.74 Å². The number of ether oxygens (including phenoxy) is 1. The Morgan fingerprint density at radius 1 is 1.25 bits per heavy atom. The smallest absolute Gasteiger partial charge is 0.248 e. The monoisotopic (exact) mass is 386 g/mol. The largest absolute Gasteiger partial charge is 0.384 e. The minimum absolute atomic E-state index is 0.0306. The summed E-state index contributed by atoms with van der Waals surface area (Å²) in [5.74, 6) is -0.141. The van der Waals surface area contributed by atoms with Crippen molar-refractivity contribution in [2.24, 2.45) is 5.41 Å². The number of aromatic nitrogens is 3. The molecule has 1 aliphatic rings. The van der Waals surface area contributed by atoms with Crippen LogP contribution >= 0.6 is 0 Å². The molecule has 0 unspecified atom stereocenters. The van der Waals surface area contributed by atoms with E-state index in [-0.39, 0.29) is 24.3 Å². The lowest BCUT2D eigenvalue weighted by molar-refractivity contribution is -0.130. The van der Waals surface area contributed by atoms with Gasteiger partial charge in [-0.05, 0) is 31.5 Å². The number of benzene rings is 1. The Hall–Kier alpha value is -2.78.